The van der Waals surface area contributed by atoms with E-state index in [2.05, 4.69) is 10.3 Å². The molecule has 0 saturated heterocycles. The van der Waals surface area contributed by atoms with E-state index in [0.717, 1.165) is 12.1 Å². The quantitative estimate of drug-likeness (QED) is 0.819. The van der Waals surface area contributed by atoms with Crippen molar-refractivity contribution in [2.24, 2.45) is 5.41 Å². The molecule has 1 aromatic heterocycles. The summed E-state index contributed by atoms with van der Waals surface area (Å²) < 4.78 is 0. The van der Waals surface area contributed by atoms with Gasteiger partial charge in [0.15, 0.2) is 0 Å². The maximum Gasteiger partial charge on any atom is 0.326 e. The first kappa shape index (κ1) is 17.4. The van der Waals surface area contributed by atoms with Crippen molar-refractivity contribution >= 4 is 23.5 Å². The lowest BCUT2D eigenvalue weighted by Crippen LogP contribution is -2.49. The fourth-order valence-electron chi connectivity index (χ4n) is 1.93. The predicted octanol–water partition coefficient (Wildman–Crippen LogP) is 2.92. The summed E-state index contributed by atoms with van der Waals surface area (Å²) in [5.41, 5.74) is 0.455. The van der Waals surface area contributed by atoms with Gasteiger partial charge in [0.05, 0.1) is 0 Å². The van der Waals surface area contributed by atoms with Crippen molar-refractivity contribution in [1.29, 1.82) is 0 Å². The Morgan fingerprint density at radius 3 is 2.48 bits per heavy atom. The molecule has 0 bridgehead atoms. The van der Waals surface area contributed by atoms with Crippen LogP contribution >= 0.6 is 11.6 Å². The van der Waals surface area contributed by atoms with Gasteiger partial charge >= 0.3 is 5.97 Å². The number of aryl methyl sites for hydroxylation is 1. The second kappa shape index (κ2) is 6.89. The summed E-state index contributed by atoms with van der Waals surface area (Å²) in [7, 11) is 0. The third kappa shape index (κ3) is 5.01. The van der Waals surface area contributed by atoms with Crippen molar-refractivity contribution in [1.82, 2.24) is 10.3 Å². The van der Waals surface area contributed by atoms with Crippen LogP contribution in [0.25, 0.3) is 0 Å². The smallest absolute Gasteiger partial charge is 0.326 e. The van der Waals surface area contributed by atoms with Gasteiger partial charge in [0.2, 0.25) is 0 Å². The van der Waals surface area contributed by atoms with E-state index >= 15 is 0 Å². The summed E-state index contributed by atoms with van der Waals surface area (Å²) in [5, 5.41) is 12.0. The second-order valence-corrected chi connectivity index (χ2v) is 6.42. The highest BCUT2D eigenvalue weighted by Gasteiger charge is 2.32. The van der Waals surface area contributed by atoms with Crippen LogP contribution in [0.1, 0.15) is 50.2 Å². The number of rotatable bonds is 5. The highest BCUT2D eigenvalue weighted by molar-refractivity contribution is 6.29. The van der Waals surface area contributed by atoms with Gasteiger partial charge in [-0.3, -0.25) is 4.79 Å². The molecular formula is C15H21ClN2O3. The van der Waals surface area contributed by atoms with E-state index in [1.165, 1.54) is 6.07 Å². The Balaban J connectivity index is 3.00. The highest BCUT2D eigenvalue weighted by atomic mass is 35.5. The number of amides is 1. The number of aliphatic carboxylic acids is 1. The van der Waals surface area contributed by atoms with E-state index in [-0.39, 0.29) is 5.15 Å². The number of aromatic nitrogens is 1. The van der Waals surface area contributed by atoms with Gasteiger partial charge in [0.1, 0.15) is 11.2 Å². The monoisotopic (exact) mass is 312 g/mol. The lowest BCUT2D eigenvalue weighted by Gasteiger charge is -2.27. The number of hydrogen-bond acceptors (Lipinski definition) is 3. The van der Waals surface area contributed by atoms with Crippen LogP contribution in [0.5, 0.6) is 0 Å². The zero-order valence-corrected chi connectivity index (χ0v) is 13.5. The van der Waals surface area contributed by atoms with Crippen LogP contribution < -0.4 is 5.32 Å². The Labute approximate surface area is 129 Å². The minimum atomic E-state index is -1.07. The molecule has 0 aromatic carbocycles. The fraction of sp³-hybridized carbons (Fsp3) is 0.533. The van der Waals surface area contributed by atoms with Gasteiger partial charge in [-0.1, -0.05) is 45.7 Å². The summed E-state index contributed by atoms with van der Waals surface area (Å²) >= 11 is 5.91. The number of nitrogens with zero attached hydrogens (tertiary/aromatic N) is 1. The molecule has 0 aliphatic carbocycles. The molecule has 5 nitrogen and oxygen atoms in total. The fourth-order valence-corrected chi connectivity index (χ4v) is 2.16. The van der Waals surface area contributed by atoms with Gasteiger partial charge in [-0.25, -0.2) is 9.78 Å². The molecule has 1 aromatic rings. The normalized spacial score (nSPS) is 12.8. The van der Waals surface area contributed by atoms with Crippen molar-refractivity contribution in [2.45, 2.75) is 46.6 Å². The minimum Gasteiger partial charge on any atom is -0.480 e. The van der Waals surface area contributed by atoms with E-state index in [1.807, 2.05) is 6.92 Å². The van der Waals surface area contributed by atoms with E-state index in [1.54, 1.807) is 26.8 Å². The maximum atomic E-state index is 12.3. The largest absolute Gasteiger partial charge is 0.480 e. The van der Waals surface area contributed by atoms with E-state index in [4.69, 9.17) is 11.6 Å². The van der Waals surface area contributed by atoms with Crippen molar-refractivity contribution < 1.29 is 14.7 Å². The van der Waals surface area contributed by atoms with Crippen molar-refractivity contribution in [2.75, 3.05) is 0 Å². The van der Waals surface area contributed by atoms with Crippen LogP contribution in [0, 0.1) is 5.41 Å². The summed E-state index contributed by atoms with van der Waals surface area (Å²) in [6.07, 6.45) is 1.59. The Morgan fingerprint density at radius 1 is 1.38 bits per heavy atom. The third-order valence-corrected chi connectivity index (χ3v) is 3.20. The summed E-state index contributed by atoms with van der Waals surface area (Å²) in [5.74, 6) is -1.52. The molecular weight excluding hydrogens is 292 g/mol. The van der Waals surface area contributed by atoms with Gasteiger partial charge in [-0.05, 0) is 24.0 Å². The Hall–Kier alpha value is -1.62. The van der Waals surface area contributed by atoms with Crippen LogP contribution in [0.3, 0.4) is 0 Å². The zero-order chi connectivity index (χ0) is 16.2. The van der Waals surface area contributed by atoms with Crippen LogP contribution in [0.15, 0.2) is 12.1 Å². The number of carbonyl (C=O) groups is 2. The van der Waals surface area contributed by atoms with Crippen molar-refractivity contribution in [3.8, 4) is 0 Å². The number of carbonyl (C=O) groups excluding carboxylic acids is 1. The first-order valence-corrected chi connectivity index (χ1v) is 7.23. The molecule has 0 aliphatic heterocycles. The van der Waals surface area contributed by atoms with Crippen LogP contribution in [-0.2, 0) is 11.2 Å². The van der Waals surface area contributed by atoms with E-state index in [9.17, 15) is 14.7 Å². The number of carboxylic acids is 1. The molecule has 2 N–H and O–H groups in total. The van der Waals surface area contributed by atoms with E-state index in [0.29, 0.717) is 12.0 Å². The zero-order valence-electron chi connectivity index (χ0n) is 12.7. The molecule has 0 saturated carbocycles. The van der Waals surface area contributed by atoms with Gasteiger partial charge in [0, 0.05) is 11.3 Å². The van der Waals surface area contributed by atoms with Gasteiger partial charge in [0.25, 0.3) is 5.91 Å². The molecule has 1 amide bonds. The number of nitrogens with one attached hydrogen (secondary N) is 1. The average molecular weight is 313 g/mol. The molecule has 0 spiro atoms. The molecule has 1 rings (SSSR count). The number of halogens is 1. The minimum absolute atomic E-state index is 0.230. The number of carboxylic acid groups (broad SMARTS) is 1. The first-order chi connectivity index (χ1) is 9.65. The molecule has 1 unspecified atom stereocenters. The van der Waals surface area contributed by atoms with Crippen molar-refractivity contribution in [3.05, 3.63) is 28.5 Å². The van der Waals surface area contributed by atoms with Gasteiger partial charge in [-0.2, -0.15) is 0 Å². The molecule has 0 radical (unpaired) electrons. The summed E-state index contributed by atoms with van der Waals surface area (Å²) in [6, 6.07) is 2.11. The maximum absolute atomic E-state index is 12.3. The molecule has 0 aliphatic rings. The topological polar surface area (TPSA) is 79.3 Å². The summed E-state index contributed by atoms with van der Waals surface area (Å²) in [6.45, 7) is 7.28. The van der Waals surface area contributed by atoms with Crippen molar-refractivity contribution in [3.63, 3.8) is 0 Å². The van der Waals surface area contributed by atoms with E-state index < -0.39 is 23.3 Å². The molecule has 21 heavy (non-hydrogen) atoms. The van der Waals surface area contributed by atoms with Crippen LogP contribution in [0.4, 0.5) is 0 Å². The van der Waals surface area contributed by atoms with Crippen LogP contribution in [0.2, 0.25) is 5.15 Å². The molecule has 1 heterocycles. The molecule has 0 fully saturated rings. The molecule has 6 heteroatoms. The highest BCUT2D eigenvalue weighted by Crippen LogP contribution is 2.20. The molecule has 116 valence electrons. The number of pyridine rings is 1. The van der Waals surface area contributed by atoms with Gasteiger partial charge in [-0.15, -0.1) is 0 Å². The Bertz CT molecular complexity index is 538. The average Bonchev–Trinajstić information content (AvgIpc) is 2.33. The standard InChI is InChI=1S/C15H21ClN2O3/c1-5-6-10-7-9(8-11(16)17-10)13(19)18-12(14(20)21)15(2,3)4/h7-8,12H,5-6H2,1-4H3,(H,18,19)(H,20,21). The molecule has 1 atom stereocenters. The lowest BCUT2D eigenvalue weighted by molar-refractivity contribution is -0.142. The SMILES string of the molecule is CCCc1cc(C(=O)NC(C(=O)O)C(C)(C)C)cc(Cl)n1. The van der Waals surface area contributed by atoms with Gasteiger partial charge < -0.3 is 10.4 Å². The Morgan fingerprint density at radius 2 is 2.00 bits per heavy atom. The second-order valence-electron chi connectivity index (χ2n) is 6.03. The van der Waals surface area contributed by atoms with Crippen LogP contribution in [-0.4, -0.2) is 28.0 Å². The lowest BCUT2D eigenvalue weighted by atomic mass is 9.86. The predicted molar refractivity (Wildman–Crippen MR) is 81.6 cm³/mol. The Kier molecular flexibility index (Phi) is 5.72. The first-order valence-electron chi connectivity index (χ1n) is 6.85. The summed E-state index contributed by atoms with van der Waals surface area (Å²) in [4.78, 5) is 27.7. The number of hydrogen-bond donors (Lipinski definition) is 2. The third-order valence-electron chi connectivity index (χ3n) is 3.00.